The third kappa shape index (κ3) is 7.09. The summed E-state index contributed by atoms with van der Waals surface area (Å²) in [5.41, 5.74) is 4.27. The quantitative estimate of drug-likeness (QED) is 0.154. The van der Waals surface area contributed by atoms with Gasteiger partial charge >= 0.3 is 0 Å². The first-order valence-electron chi connectivity index (χ1n) is 10.1. The Morgan fingerprint density at radius 3 is 2.67 bits per heavy atom. The Labute approximate surface area is 210 Å². The highest BCUT2D eigenvalue weighted by Crippen LogP contribution is 2.23. The van der Waals surface area contributed by atoms with Crippen LogP contribution in [-0.2, 0) is 17.9 Å². The minimum absolute atomic E-state index is 0.166. The summed E-state index contributed by atoms with van der Waals surface area (Å²) in [6.45, 7) is 3.27. The molecule has 0 saturated heterocycles. The highest BCUT2D eigenvalue weighted by molar-refractivity contribution is 14.1. The minimum atomic E-state index is -0.243. The van der Waals surface area contributed by atoms with E-state index in [4.69, 9.17) is 9.47 Å². The molecule has 0 saturated carbocycles. The summed E-state index contributed by atoms with van der Waals surface area (Å²) in [5, 5.41) is 16.6. The third-order valence-corrected chi connectivity index (χ3v) is 6.26. The zero-order valence-electron chi connectivity index (χ0n) is 18.5. The number of thioether (sulfide) groups is 1. The Balaban J connectivity index is 1.52. The normalized spacial score (nSPS) is 10.9. The van der Waals surface area contributed by atoms with Crippen molar-refractivity contribution < 1.29 is 14.3 Å². The van der Waals surface area contributed by atoms with Gasteiger partial charge in [0.1, 0.15) is 11.5 Å². The molecule has 1 aromatic heterocycles. The van der Waals surface area contributed by atoms with Crippen molar-refractivity contribution in [2.24, 2.45) is 5.10 Å². The average molecular weight is 580 g/mol. The van der Waals surface area contributed by atoms with E-state index in [1.54, 1.807) is 32.4 Å². The monoisotopic (exact) mass is 580 g/mol. The number of benzene rings is 2. The van der Waals surface area contributed by atoms with Gasteiger partial charge in [0.2, 0.25) is 0 Å². The maximum Gasteiger partial charge on any atom is 0.250 e. The molecule has 9 nitrogen and oxygen atoms in total. The molecule has 0 fully saturated rings. The molecule has 33 heavy (non-hydrogen) atoms. The van der Waals surface area contributed by atoms with E-state index in [0.29, 0.717) is 29.7 Å². The highest BCUT2D eigenvalue weighted by atomic mass is 127. The molecule has 2 N–H and O–H groups in total. The van der Waals surface area contributed by atoms with Gasteiger partial charge < -0.3 is 19.4 Å². The second-order valence-corrected chi connectivity index (χ2v) is 8.88. The van der Waals surface area contributed by atoms with E-state index < -0.39 is 0 Å². The first kappa shape index (κ1) is 24.8. The highest BCUT2D eigenvalue weighted by Gasteiger charge is 2.13. The van der Waals surface area contributed by atoms with E-state index in [1.165, 1.54) is 21.5 Å². The number of nitrogens with one attached hydrogen (secondary N) is 2. The molecular formula is C22H25IN6O3S. The average Bonchev–Trinajstić information content (AvgIpc) is 3.24. The summed E-state index contributed by atoms with van der Waals surface area (Å²) in [6, 6.07) is 13.5. The van der Waals surface area contributed by atoms with Gasteiger partial charge in [0.15, 0.2) is 11.0 Å². The van der Waals surface area contributed by atoms with Crippen LogP contribution in [-0.4, -0.2) is 46.9 Å². The molecule has 0 aliphatic carbocycles. The van der Waals surface area contributed by atoms with Crippen LogP contribution >= 0.6 is 34.4 Å². The number of carbonyl (C=O) groups is 1. The van der Waals surface area contributed by atoms with Crippen molar-refractivity contribution in [1.29, 1.82) is 0 Å². The lowest BCUT2D eigenvalue weighted by molar-refractivity contribution is -0.118. The molecule has 1 amide bonds. The molecule has 2 aromatic carbocycles. The number of anilines is 1. The minimum Gasteiger partial charge on any atom is -0.497 e. The number of methoxy groups -OCH3 is 2. The smallest absolute Gasteiger partial charge is 0.250 e. The van der Waals surface area contributed by atoms with E-state index in [-0.39, 0.29) is 11.7 Å². The molecule has 11 heteroatoms. The number of amides is 1. The second kappa shape index (κ2) is 12.4. The van der Waals surface area contributed by atoms with Crippen LogP contribution in [0.5, 0.6) is 11.5 Å². The maximum absolute atomic E-state index is 12.2. The molecule has 0 aliphatic rings. The molecule has 0 aliphatic heterocycles. The van der Waals surface area contributed by atoms with Crippen molar-refractivity contribution in [2.45, 2.75) is 25.2 Å². The van der Waals surface area contributed by atoms with E-state index in [1.807, 2.05) is 35.8 Å². The zero-order chi connectivity index (χ0) is 23.6. The number of rotatable bonds is 11. The van der Waals surface area contributed by atoms with Gasteiger partial charge in [-0.3, -0.25) is 4.79 Å². The second-order valence-electron chi connectivity index (χ2n) is 6.69. The van der Waals surface area contributed by atoms with Gasteiger partial charge in [0.25, 0.3) is 5.91 Å². The van der Waals surface area contributed by atoms with Crippen LogP contribution in [0.1, 0.15) is 18.3 Å². The van der Waals surface area contributed by atoms with E-state index in [0.717, 1.165) is 17.1 Å². The Morgan fingerprint density at radius 2 is 1.97 bits per heavy atom. The number of hydrogen-bond donors (Lipinski definition) is 2. The summed E-state index contributed by atoms with van der Waals surface area (Å²) in [4.78, 5) is 12.2. The van der Waals surface area contributed by atoms with E-state index >= 15 is 0 Å². The van der Waals surface area contributed by atoms with Gasteiger partial charge in [-0.05, 0) is 65.9 Å². The maximum atomic E-state index is 12.2. The molecule has 174 valence electrons. The van der Waals surface area contributed by atoms with Crippen LogP contribution < -0.4 is 20.2 Å². The Bertz CT molecular complexity index is 1100. The molecule has 0 radical (unpaired) electrons. The standard InChI is InChI=1S/C22H25IN6O3S/c1-4-29-20(13-24-17-8-6-16(23)7-9-17)26-28-22(29)33-14-21(30)27-25-12-15-5-10-18(31-2)11-19(15)32-3/h5-12,24H,4,13-14H2,1-3H3,(H,27,30). The Hall–Kier alpha value is -2.80. The lowest BCUT2D eigenvalue weighted by Gasteiger charge is -2.09. The fourth-order valence-corrected chi connectivity index (χ4v) is 4.06. The topological polar surface area (TPSA) is 103 Å². The van der Waals surface area contributed by atoms with Crippen LogP contribution in [0.3, 0.4) is 0 Å². The van der Waals surface area contributed by atoms with Gasteiger partial charge in [-0.2, -0.15) is 5.10 Å². The summed E-state index contributed by atoms with van der Waals surface area (Å²) in [6.07, 6.45) is 1.53. The van der Waals surface area contributed by atoms with Crippen molar-refractivity contribution in [3.05, 3.63) is 57.4 Å². The van der Waals surface area contributed by atoms with E-state index in [2.05, 4.69) is 48.6 Å². The molecule has 0 bridgehead atoms. The summed E-state index contributed by atoms with van der Waals surface area (Å²) < 4.78 is 13.7. The predicted octanol–water partition coefficient (Wildman–Crippen LogP) is 3.77. The summed E-state index contributed by atoms with van der Waals surface area (Å²) in [5.74, 6) is 2.01. The fourth-order valence-electron chi connectivity index (χ4n) is 2.88. The fraction of sp³-hybridized carbons (Fsp3) is 0.273. The molecule has 0 unspecified atom stereocenters. The van der Waals surface area contributed by atoms with Gasteiger partial charge in [-0.15, -0.1) is 10.2 Å². The number of halogens is 1. The van der Waals surface area contributed by atoms with Gasteiger partial charge in [-0.25, -0.2) is 5.43 Å². The van der Waals surface area contributed by atoms with Gasteiger partial charge in [0, 0.05) is 27.4 Å². The van der Waals surface area contributed by atoms with Crippen LogP contribution in [0.4, 0.5) is 5.69 Å². The molecule has 3 aromatic rings. The van der Waals surface area contributed by atoms with Gasteiger partial charge in [0.05, 0.1) is 32.7 Å². The van der Waals surface area contributed by atoms with E-state index in [9.17, 15) is 4.79 Å². The van der Waals surface area contributed by atoms with Crippen molar-refractivity contribution in [3.8, 4) is 11.5 Å². The number of ether oxygens (including phenoxy) is 2. The molecule has 1 heterocycles. The predicted molar refractivity (Wildman–Crippen MR) is 138 cm³/mol. The molecule has 0 spiro atoms. The lowest BCUT2D eigenvalue weighted by Crippen LogP contribution is -2.20. The Morgan fingerprint density at radius 1 is 1.18 bits per heavy atom. The first-order valence-corrected chi connectivity index (χ1v) is 12.2. The summed E-state index contributed by atoms with van der Waals surface area (Å²) >= 11 is 3.59. The van der Waals surface area contributed by atoms with Crippen molar-refractivity contribution >= 4 is 52.2 Å². The lowest BCUT2D eigenvalue weighted by atomic mass is 10.2. The molecule has 0 atom stereocenters. The first-order chi connectivity index (χ1) is 16.0. The number of nitrogens with zero attached hydrogens (tertiary/aromatic N) is 4. The Kier molecular flexibility index (Phi) is 9.36. The third-order valence-electron chi connectivity index (χ3n) is 4.57. The van der Waals surface area contributed by atoms with Crippen molar-refractivity contribution in [3.63, 3.8) is 0 Å². The van der Waals surface area contributed by atoms with Crippen molar-refractivity contribution in [1.82, 2.24) is 20.2 Å². The summed E-state index contributed by atoms with van der Waals surface area (Å²) in [7, 11) is 3.15. The molecule has 3 rings (SSSR count). The van der Waals surface area contributed by atoms with Crippen LogP contribution in [0.15, 0.2) is 52.7 Å². The molecular weight excluding hydrogens is 555 g/mol. The number of hydrazone groups is 1. The van der Waals surface area contributed by atoms with Crippen LogP contribution in [0.2, 0.25) is 0 Å². The van der Waals surface area contributed by atoms with Crippen LogP contribution in [0, 0.1) is 3.57 Å². The number of carbonyl (C=O) groups excluding carboxylic acids is 1. The largest absolute Gasteiger partial charge is 0.497 e. The van der Waals surface area contributed by atoms with Gasteiger partial charge in [-0.1, -0.05) is 11.8 Å². The van der Waals surface area contributed by atoms with Crippen molar-refractivity contribution in [2.75, 3.05) is 25.3 Å². The number of aromatic nitrogens is 3. The SMILES string of the molecule is CCn1c(CNc2ccc(I)cc2)nnc1SCC(=O)NN=Cc1ccc(OC)cc1OC. The zero-order valence-corrected chi connectivity index (χ0v) is 21.5. The number of hydrogen-bond acceptors (Lipinski definition) is 8. The van der Waals surface area contributed by atoms with Crippen LogP contribution in [0.25, 0.3) is 0 Å².